The van der Waals surface area contributed by atoms with Crippen LogP contribution in [0.25, 0.3) is 6.20 Å². The van der Waals surface area contributed by atoms with E-state index in [2.05, 4.69) is 5.10 Å². The van der Waals surface area contributed by atoms with Gasteiger partial charge in [-0.05, 0) is 0 Å². The largest absolute Gasteiger partial charge is 0.263 e. The fourth-order valence-electron chi connectivity index (χ4n) is 0.986. The lowest BCUT2D eigenvalue weighted by Crippen LogP contribution is -2.19. The lowest BCUT2D eigenvalue weighted by atomic mass is 10.5. The molecule has 0 saturated carbocycles. The van der Waals surface area contributed by atoms with Crippen LogP contribution in [0.2, 0.25) is 0 Å². The van der Waals surface area contributed by atoms with Crippen LogP contribution >= 0.6 is 23.4 Å². The summed E-state index contributed by atoms with van der Waals surface area (Å²) in [6.07, 6.45) is 3.42. The molecule has 0 N–H and O–H groups in total. The molecule has 2 heterocycles. The number of aromatic nitrogens is 2. The van der Waals surface area contributed by atoms with Crippen molar-refractivity contribution in [1.29, 1.82) is 0 Å². The SMILES string of the molecule is ClC1=Cn2nccc2N(Cl)C1. The Balaban J connectivity index is 2.51. The minimum Gasteiger partial charge on any atom is -0.263 e. The Hall–Kier alpha value is -0.670. The maximum absolute atomic E-state index is 5.83. The average Bonchev–Trinajstić information content (AvgIpc) is 2.34. The Morgan fingerprint density at radius 3 is 3.18 bits per heavy atom. The van der Waals surface area contributed by atoms with Gasteiger partial charge in [-0.1, -0.05) is 11.6 Å². The number of halogens is 2. The highest BCUT2D eigenvalue weighted by Crippen LogP contribution is 2.24. The van der Waals surface area contributed by atoms with Crippen LogP contribution in [0.3, 0.4) is 0 Å². The Kier molecular flexibility index (Phi) is 1.55. The molecule has 1 aliphatic rings. The Morgan fingerprint density at radius 1 is 1.55 bits per heavy atom. The highest BCUT2D eigenvalue weighted by molar-refractivity contribution is 6.34. The molecule has 5 heteroatoms. The Labute approximate surface area is 73.9 Å². The zero-order chi connectivity index (χ0) is 7.84. The van der Waals surface area contributed by atoms with Gasteiger partial charge in [0.1, 0.15) is 5.82 Å². The van der Waals surface area contributed by atoms with Crippen LogP contribution in [0.15, 0.2) is 17.3 Å². The third kappa shape index (κ3) is 1.10. The van der Waals surface area contributed by atoms with E-state index in [-0.39, 0.29) is 0 Å². The van der Waals surface area contributed by atoms with E-state index in [1.807, 2.05) is 6.07 Å². The van der Waals surface area contributed by atoms with Gasteiger partial charge in [0.15, 0.2) is 0 Å². The van der Waals surface area contributed by atoms with E-state index in [0.29, 0.717) is 11.6 Å². The van der Waals surface area contributed by atoms with Gasteiger partial charge in [-0.2, -0.15) is 5.10 Å². The molecule has 0 bridgehead atoms. The molecule has 11 heavy (non-hydrogen) atoms. The highest BCUT2D eigenvalue weighted by Gasteiger charge is 2.14. The summed E-state index contributed by atoms with van der Waals surface area (Å²) in [6.45, 7) is 0.537. The van der Waals surface area contributed by atoms with Crippen LogP contribution in [-0.2, 0) is 0 Å². The van der Waals surface area contributed by atoms with Crippen LogP contribution in [0.1, 0.15) is 0 Å². The summed E-state index contributed by atoms with van der Waals surface area (Å²) in [7, 11) is 0. The van der Waals surface area contributed by atoms with Crippen LogP contribution in [0, 0.1) is 0 Å². The predicted molar refractivity (Wildman–Crippen MR) is 45.6 cm³/mol. The van der Waals surface area contributed by atoms with Crippen molar-refractivity contribution >= 4 is 35.4 Å². The first-order chi connectivity index (χ1) is 5.27. The van der Waals surface area contributed by atoms with Crippen LogP contribution in [-0.4, -0.2) is 16.3 Å². The molecule has 0 saturated heterocycles. The van der Waals surface area contributed by atoms with Crippen LogP contribution in [0.4, 0.5) is 5.82 Å². The van der Waals surface area contributed by atoms with Crippen molar-refractivity contribution in [3.05, 3.63) is 17.3 Å². The van der Waals surface area contributed by atoms with Gasteiger partial charge in [0.2, 0.25) is 0 Å². The summed E-state index contributed by atoms with van der Waals surface area (Å²) < 4.78 is 3.16. The molecule has 1 aliphatic heterocycles. The van der Waals surface area contributed by atoms with Crippen molar-refractivity contribution < 1.29 is 0 Å². The first kappa shape index (κ1) is 7.00. The molecule has 0 fully saturated rings. The van der Waals surface area contributed by atoms with Crippen LogP contribution in [0.5, 0.6) is 0 Å². The van der Waals surface area contributed by atoms with Crippen LogP contribution < -0.4 is 4.42 Å². The lowest BCUT2D eigenvalue weighted by molar-refractivity contribution is 0.888. The zero-order valence-electron chi connectivity index (χ0n) is 5.54. The minimum absolute atomic E-state index is 0.537. The number of anilines is 1. The highest BCUT2D eigenvalue weighted by atomic mass is 35.5. The van der Waals surface area contributed by atoms with Crippen molar-refractivity contribution in [2.75, 3.05) is 11.0 Å². The third-order valence-corrected chi connectivity index (χ3v) is 1.96. The predicted octanol–water partition coefficient (Wildman–Crippen LogP) is 1.89. The normalized spacial score (nSPS) is 16.2. The monoisotopic (exact) mass is 189 g/mol. The van der Waals surface area contributed by atoms with E-state index in [1.165, 1.54) is 4.42 Å². The molecule has 0 aliphatic carbocycles. The number of nitrogens with zero attached hydrogens (tertiary/aromatic N) is 3. The van der Waals surface area contributed by atoms with E-state index in [1.54, 1.807) is 17.1 Å². The molecule has 0 amide bonds. The van der Waals surface area contributed by atoms with Crippen molar-refractivity contribution in [3.8, 4) is 0 Å². The van der Waals surface area contributed by atoms with E-state index in [9.17, 15) is 0 Å². The van der Waals surface area contributed by atoms with E-state index in [0.717, 1.165) is 5.82 Å². The van der Waals surface area contributed by atoms with Crippen molar-refractivity contribution in [3.63, 3.8) is 0 Å². The Bertz CT molecular complexity index is 305. The van der Waals surface area contributed by atoms with Gasteiger partial charge >= 0.3 is 0 Å². The molecule has 0 unspecified atom stereocenters. The molecule has 1 aromatic heterocycles. The molecule has 2 rings (SSSR count). The van der Waals surface area contributed by atoms with Crippen molar-refractivity contribution in [2.24, 2.45) is 0 Å². The molecular formula is C6H5Cl2N3. The van der Waals surface area contributed by atoms with Gasteiger partial charge in [0.25, 0.3) is 0 Å². The van der Waals surface area contributed by atoms with Gasteiger partial charge in [-0.25, -0.2) is 4.68 Å². The summed E-state index contributed by atoms with van der Waals surface area (Å²) in [5.41, 5.74) is 0. The van der Waals surface area contributed by atoms with Gasteiger partial charge < -0.3 is 0 Å². The summed E-state index contributed by atoms with van der Waals surface area (Å²) in [5, 5.41) is 4.66. The van der Waals surface area contributed by atoms with Gasteiger partial charge in [0, 0.05) is 24.0 Å². The Morgan fingerprint density at radius 2 is 2.36 bits per heavy atom. The summed E-state index contributed by atoms with van der Waals surface area (Å²) in [4.78, 5) is 0. The zero-order valence-corrected chi connectivity index (χ0v) is 7.05. The van der Waals surface area contributed by atoms with Gasteiger partial charge in [0.05, 0.1) is 17.8 Å². The molecule has 58 valence electrons. The average molecular weight is 190 g/mol. The van der Waals surface area contributed by atoms with Crippen molar-refractivity contribution in [1.82, 2.24) is 9.78 Å². The summed E-state index contributed by atoms with van der Waals surface area (Å²) >= 11 is 11.6. The fraction of sp³-hybridized carbons (Fsp3) is 0.167. The number of hydrogen-bond acceptors (Lipinski definition) is 2. The van der Waals surface area contributed by atoms with Gasteiger partial charge in [-0.3, -0.25) is 4.42 Å². The lowest BCUT2D eigenvalue weighted by Gasteiger charge is -2.19. The molecule has 0 spiro atoms. The third-order valence-electron chi connectivity index (χ3n) is 1.45. The first-order valence-corrected chi connectivity index (χ1v) is 3.82. The maximum atomic E-state index is 5.83. The first-order valence-electron chi connectivity index (χ1n) is 3.10. The topological polar surface area (TPSA) is 21.1 Å². The molecule has 0 radical (unpaired) electrons. The molecule has 1 aromatic rings. The standard InChI is InChI=1S/C6H5Cl2N3/c7-5-3-10(8)6-1-2-9-11(6)4-5/h1-2,4H,3H2. The minimum atomic E-state index is 0.537. The molecule has 3 nitrogen and oxygen atoms in total. The summed E-state index contributed by atoms with van der Waals surface area (Å²) in [5.74, 6) is 0.844. The van der Waals surface area contributed by atoms with E-state index >= 15 is 0 Å². The number of rotatable bonds is 0. The quantitative estimate of drug-likeness (QED) is 0.582. The second-order valence-electron chi connectivity index (χ2n) is 2.23. The maximum Gasteiger partial charge on any atom is 0.146 e. The molecular weight excluding hydrogens is 185 g/mol. The van der Waals surface area contributed by atoms with E-state index < -0.39 is 0 Å². The number of hydrogen-bond donors (Lipinski definition) is 0. The smallest absolute Gasteiger partial charge is 0.146 e. The van der Waals surface area contributed by atoms with Crippen molar-refractivity contribution in [2.45, 2.75) is 0 Å². The second kappa shape index (κ2) is 2.43. The number of fused-ring (bicyclic) bond motifs is 1. The van der Waals surface area contributed by atoms with Gasteiger partial charge in [-0.15, -0.1) is 0 Å². The molecule has 0 aromatic carbocycles. The molecule has 0 atom stereocenters. The summed E-state index contributed by atoms with van der Waals surface area (Å²) in [6, 6.07) is 1.83. The second-order valence-corrected chi connectivity index (χ2v) is 3.12. The van der Waals surface area contributed by atoms with E-state index in [4.69, 9.17) is 23.4 Å². The fourth-order valence-corrected chi connectivity index (χ4v) is 1.52.